The molecule has 5 heteroatoms. The van der Waals surface area contributed by atoms with Gasteiger partial charge in [-0.1, -0.05) is 36.4 Å². The van der Waals surface area contributed by atoms with E-state index in [1.165, 1.54) is 11.1 Å². The molecule has 0 radical (unpaired) electrons. The van der Waals surface area contributed by atoms with Gasteiger partial charge < -0.3 is 10.1 Å². The lowest BCUT2D eigenvalue weighted by Gasteiger charge is -2.38. The van der Waals surface area contributed by atoms with E-state index in [1.54, 1.807) is 19.2 Å². The van der Waals surface area contributed by atoms with Gasteiger partial charge in [0.1, 0.15) is 5.75 Å². The van der Waals surface area contributed by atoms with Crippen molar-refractivity contribution in [3.63, 3.8) is 0 Å². The number of nitrogens with one attached hydrogen (secondary N) is 1. The number of ether oxygens (including phenoxy) is 1. The van der Waals surface area contributed by atoms with Crippen LogP contribution in [-0.4, -0.2) is 12.0 Å². The molecule has 0 bridgehead atoms. The summed E-state index contributed by atoms with van der Waals surface area (Å²) in [5.74, 6) is 1.29. The number of hydrogen-bond acceptors (Lipinski definition) is 4. The third kappa shape index (κ3) is 2.38. The first kappa shape index (κ1) is 15.7. The van der Waals surface area contributed by atoms with E-state index in [2.05, 4.69) is 30.5 Å². The molecule has 0 spiro atoms. The minimum Gasteiger partial charge on any atom is -0.495 e. The van der Waals surface area contributed by atoms with E-state index in [4.69, 9.17) is 4.74 Å². The zero-order valence-electron chi connectivity index (χ0n) is 14.2. The first-order chi connectivity index (χ1) is 12.1. The smallest absolute Gasteiger partial charge is 0.274 e. The summed E-state index contributed by atoms with van der Waals surface area (Å²) in [5.41, 5.74) is 4.32. The number of hydrogen-bond donors (Lipinski definition) is 1. The summed E-state index contributed by atoms with van der Waals surface area (Å²) in [6.45, 7) is 2.11. The molecule has 0 aromatic heterocycles. The molecule has 1 aliphatic heterocycles. The zero-order valence-corrected chi connectivity index (χ0v) is 14.2. The predicted molar refractivity (Wildman–Crippen MR) is 97.2 cm³/mol. The molecule has 0 unspecified atom stereocenters. The van der Waals surface area contributed by atoms with Gasteiger partial charge in [0, 0.05) is 12.0 Å². The van der Waals surface area contributed by atoms with Crippen LogP contribution in [0, 0.1) is 23.0 Å². The third-order valence-electron chi connectivity index (χ3n) is 5.39. The van der Waals surface area contributed by atoms with E-state index < -0.39 is 0 Å². The molecule has 1 N–H and O–H groups in total. The van der Waals surface area contributed by atoms with Crippen molar-refractivity contribution < 1.29 is 9.66 Å². The van der Waals surface area contributed by atoms with Crippen molar-refractivity contribution in [3.8, 4) is 5.75 Å². The highest BCUT2D eigenvalue weighted by Crippen LogP contribution is 2.54. The van der Waals surface area contributed by atoms with Crippen molar-refractivity contribution in [1.82, 2.24) is 0 Å². The van der Waals surface area contributed by atoms with Crippen LogP contribution in [0.4, 0.5) is 11.4 Å². The van der Waals surface area contributed by atoms with Crippen LogP contribution in [0.15, 0.2) is 48.6 Å². The molecule has 1 heterocycles. The number of nitrogens with zero attached hydrogens (tertiary/aromatic N) is 1. The number of aryl methyl sites for hydroxylation is 1. The Balaban J connectivity index is 1.89. The van der Waals surface area contributed by atoms with Crippen LogP contribution < -0.4 is 10.1 Å². The Bertz CT molecular complexity index is 875. The highest BCUT2D eigenvalue weighted by Gasteiger charge is 2.41. The second kappa shape index (κ2) is 5.92. The van der Waals surface area contributed by atoms with Crippen LogP contribution in [0.1, 0.15) is 35.1 Å². The summed E-state index contributed by atoms with van der Waals surface area (Å²) in [6.07, 6.45) is 5.33. The number of allylic oxidation sites excluding steroid dienone is 2. The minimum absolute atomic E-state index is 0.121. The second-order valence-electron chi connectivity index (χ2n) is 6.66. The number of nitro groups is 1. The van der Waals surface area contributed by atoms with Crippen LogP contribution in [0.3, 0.4) is 0 Å². The van der Waals surface area contributed by atoms with E-state index in [-0.39, 0.29) is 28.5 Å². The number of rotatable bonds is 3. The second-order valence-corrected chi connectivity index (χ2v) is 6.66. The lowest BCUT2D eigenvalue weighted by atomic mass is 9.75. The van der Waals surface area contributed by atoms with Gasteiger partial charge in [-0.15, -0.1) is 0 Å². The topological polar surface area (TPSA) is 64.4 Å². The predicted octanol–water partition coefficient (Wildman–Crippen LogP) is 4.74. The van der Waals surface area contributed by atoms with Crippen molar-refractivity contribution in [3.05, 3.63) is 75.4 Å². The number of anilines is 1. The molecule has 0 saturated heterocycles. The lowest BCUT2D eigenvalue weighted by Crippen LogP contribution is -2.30. The Morgan fingerprint density at radius 2 is 2.04 bits per heavy atom. The van der Waals surface area contributed by atoms with Gasteiger partial charge in [-0.25, -0.2) is 0 Å². The van der Waals surface area contributed by atoms with Crippen LogP contribution in [0.5, 0.6) is 5.75 Å². The maximum atomic E-state index is 11.5. The Morgan fingerprint density at radius 3 is 2.80 bits per heavy atom. The monoisotopic (exact) mass is 336 g/mol. The Hall–Kier alpha value is -2.82. The molecule has 0 saturated carbocycles. The highest BCUT2D eigenvalue weighted by molar-refractivity contribution is 5.70. The van der Waals surface area contributed by atoms with Crippen molar-refractivity contribution in [2.75, 3.05) is 12.4 Å². The maximum Gasteiger partial charge on any atom is 0.274 e. The van der Waals surface area contributed by atoms with Crippen molar-refractivity contribution in [1.29, 1.82) is 0 Å². The van der Waals surface area contributed by atoms with Crippen LogP contribution >= 0.6 is 0 Å². The fourth-order valence-electron chi connectivity index (χ4n) is 4.27. The molecule has 2 aromatic carbocycles. The fourth-order valence-corrected chi connectivity index (χ4v) is 4.27. The Morgan fingerprint density at radius 1 is 1.24 bits per heavy atom. The Labute approximate surface area is 146 Å². The molecule has 0 fully saturated rings. The van der Waals surface area contributed by atoms with Crippen molar-refractivity contribution >= 4 is 11.4 Å². The van der Waals surface area contributed by atoms with Gasteiger partial charge in [0.15, 0.2) is 0 Å². The maximum absolute atomic E-state index is 11.5. The third-order valence-corrected chi connectivity index (χ3v) is 5.39. The fraction of sp³-hybridized carbons (Fsp3) is 0.300. The van der Waals surface area contributed by atoms with Gasteiger partial charge in [0.05, 0.1) is 29.3 Å². The average Bonchev–Trinajstić information content (AvgIpc) is 3.10. The molecule has 5 nitrogen and oxygen atoms in total. The van der Waals surface area contributed by atoms with Gasteiger partial charge in [0.25, 0.3) is 5.69 Å². The van der Waals surface area contributed by atoms with Crippen LogP contribution in [-0.2, 0) is 0 Å². The molecule has 25 heavy (non-hydrogen) atoms. The summed E-state index contributed by atoms with van der Waals surface area (Å²) in [7, 11) is 1.66. The van der Waals surface area contributed by atoms with Gasteiger partial charge in [0.2, 0.25) is 0 Å². The van der Waals surface area contributed by atoms with E-state index >= 15 is 0 Å². The standard InChI is InChI=1S/C20H20N2O3/c1-12-10-11-17(25-2)20-18(12)13-7-5-8-14(13)19(21-20)15-6-3-4-9-16(15)22(23)24/h3-7,9-11,13-14,19,21H,8H2,1-2H3/t13-,14-,19+/m0/s1. The molecule has 3 atom stereocenters. The summed E-state index contributed by atoms with van der Waals surface area (Å²) in [5, 5.41) is 15.1. The molecule has 2 aliphatic rings. The van der Waals surface area contributed by atoms with Crippen LogP contribution in [0.2, 0.25) is 0 Å². The molecule has 128 valence electrons. The molecule has 2 aromatic rings. The number of para-hydroxylation sites is 1. The number of benzene rings is 2. The normalized spacial score (nSPS) is 23.5. The minimum atomic E-state index is -0.294. The van der Waals surface area contributed by atoms with E-state index in [9.17, 15) is 10.1 Å². The molecular weight excluding hydrogens is 316 g/mol. The summed E-state index contributed by atoms with van der Waals surface area (Å²) >= 11 is 0. The quantitative estimate of drug-likeness (QED) is 0.499. The summed E-state index contributed by atoms with van der Waals surface area (Å²) in [4.78, 5) is 11.2. The largest absolute Gasteiger partial charge is 0.495 e. The average molecular weight is 336 g/mol. The van der Waals surface area contributed by atoms with Crippen LogP contribution in [0.25, 0.3) is 0 Å². The van der Waals surface area contributed by atoms with E-state index in [0.29, 0.717) is 0 Å². The van der Waals surface area contributed by atoms with Gasteiger partial charge in [-0.2, -0.15) is 0 Å². The number of nitro benzene ring substituents is 1. The van der Waals surface area contributed by atoms with Gasteiger partial charge in [-0.05, 0) is 36.5 Å². The van der Waals surface area contributed by atoms with Crippen molar-refractivity contribution in [2.45, 2.75) is 25.3 Å². The van der Waals surface area contributed by atoms with Crippen molar-refractivity contribution in [2.24, 2.45) is 5.92 Å². The molecule has 4 rings (SSSR count). The highest BCUT2D eigenvalue weighted by atomic mass is 16.6. The summed E-state index contributed by atoms with van der Waals surface area (Å²) in [6, 6.07) is 10.9. The molecular formula is C20H20N2O3. The lowest BCUT2D eigenvalue weighted by molar-refractivity contribution is -0.385. The van der Waals surface area contributed by atoms with Gasteiger partial charge in [-0.3, -0.25) is 10.1 Å². The SMILES string of the molecule is COc1ccc(C)c2c1N[C@@H](c1ccccc1[N+](=O)[O-])[C@H]1CC=C[C@H]21. The first-order valence-corrected chi connectivity index (χ1v) is 8.46. The van der Waals surface area contributed by atoms with Gasteiger partial charge >= 0.3 is 0 Å². The molecule has 0 amide bonds. The first-order valence-electron chi connectivity index (χ1n) is 8.46. The zero-order chi connectivity index (χ0) is 17.6. The van der Waals surface area contributed by atoms with E-state index in [1.807, 2.05) is 18.2 Å². The number of methoxy groups -OCH3 is 1. The number of fused-ring (bicyclic) bond motifs is 3. The molecule has 1 aliphatic carbocycles. The summed E-state index contributed by atoms with van der Waals surface area (Å²) < 4.78 is 5.56. The van der Waals surface area contributed by atoms with E-state index in [0.717, 1.165) is 23.4 Å². The Kier molecular flexibility index (Phi) is 3.71.